The quantitative estimate of drug-likeness (QED) is 0.142. The molecule has 3 heteroatoms. The minimum atomic E-state index is 0. The monoisotopic (exact) mass is 413 g/mol. The molecule has 0 rings (SSSR count). The predicted molar refractivity (Wildman–Crippen MR) is 129 cm³/mol. The van der Waals surface area contributed by atoms with Crippen LogP contribution in [0.4, 0.5) is 0 Å². The molecule has 0 heterocycles. The lowest BCUT2D eigenvalue weighted by atomic mass is 9.94. The van der Waals surface area contributed by atoms with Gasteiger partial charge in [0, 0.05) is 0 Å². The Morgan fingerprint density at radius 2 is 0.897 bits per heavy atom. The van der Waals surface area contributed by atoms with E-state index in [9.17, 15) is 4.79 Å². The molecule has 0 unspecified atom stereocenters. The molecule has 0 aliphatic rings. The van der Waals surface area contributed by atoms with Gasteiger partial charge in [0.2, 0.25) is 0 Å². The van der Waals surface area contributed by atoms with E-state index < -0.39 is 0 Å². The molecule has 0 saturated carbocycles. The standard InChI is InChI=1S/C26H52O2.H3N/c1-4-7-10-13-16-19-22-25(23-20-17-14-11-8-5-2)26(27)28-24-21-18-15-12-9-6-3;/h25H,4-24H2,1-3H3;1H3. The molecule has 0 atom stereocenters. The average Bonchev–Trinajstić information content (AvgIpc) is 2.70. The molecule has 0 spiro atoms. The molecular weight excluding hydrogens is 358 g/mol. The molecule has 0 aliphatic heterocycles. The lowest BCUT2D eigenvalue weighted by Gasteiger charge is -2.16. The largest absolute Gasteiger partial charge is 0.465 e. The first kappa shape index (κ1) is 30.6. The minimum Gasteiger partial charge on any atom is -0.465 e. The summed E-state index contributed by atoms with van der Waals surface area (Å²) in [6.07, 6.45) is 25.1. The molecule has 0 amide bonds. The van der Waals surface area contributed by atoms with Gasteiger partial charge in [0.05, 0.1) is 12.5 Å². The van der Waals surface area contributed by atoms with Crippen LogP contribution in [0.3, 0.4) is 0 Å². The molecule has 0 aliphatic carbocycles. The smallest absolute Gasteiger partial charge is 0.308 e. The Morgan fingerprint density at radius 3 is 1.31 bits per heavy atom. The zero-order valence-corrected chi connectivity index (χ0v) is 20.5. The third-order valence-electron chi connectivity index (χ3n) is 5.89. The van der Waals surface area contributed by atoms with Crippen molar-refractivity contribution in [1.82, 2.24) is 6.15 Å². The van der Waals surface area contributed by atoms with Crippen molar-refractivity contribution in [2.75, 3.05) is 6.61 Å². The summed E-state index contributed by atoms with van der Waals surface area (Å²) in [6.45, 7) is 7.40. The molecule has 176 valence electrons. The van der Waals surface area contributed by atoms with Gasteiger partial charge in [-0.2, -0.15) is 0 Å². The van der Waals surface area contributed by atoms with Crippen molar-refractivity contribution in [2.45, 2.75) is 149 Å². The highest BCUT2D eigenvalue weighted by molar-refractivity contribution is 5.72. The minimum absolute atomic E-state index is 0. The van der Waals surface area contributed by atoms with Gasteiger partial charge in [-0.3, -0.25) is 4.79 Å². The Hall–Kier alpha value is -0.570. The van der Waals surface area contributed by atoms with Gasteiger partial charge in [0.25, 0.3) is 0 Å². The van der Waals surface area contributed by atoms with Gasteiger partial charge in [-0.05, 0) is 19.3 Å². The second-order valence-electron chi connectivity index (χ2n) is 8.75. The van der Waals surface area contributed by atoms with Crippen LogP contribution >= 0.6 is 0 Å². The van der Waals surface area contributed by atoms with Gasteiger partial charge >= 0.3 is 5.97 Å². The Kier molecular flexibility index (Phi) is 26.9. The SMILES string of the molecule is CCCCCCCCOC(=O)C(CCCCCCCC)CCCCCCCC.N. The number of esters is 1. The van der Waals surface area contributed by atoms with E-state index in [1.54, 1.807) is 0 Å². The first-order chi connectivity index (χ1) is 13.8. The first-order valence-electron chi connectivity index (χ1n) is 12.9. The van der Waals surface area contributed by atoms with Gasteiger partial charge in [-0.15, -0.1) is 0 Å². The second-order valence-corrected chi connectivity index (χ2v) is 8.75. The molecule has 0 aromatic carbocycles. The molecule has 29 heavy (non-hydrogen) atoms. The van der Waals surface area contributed by atoms with Crippen molar-refractivity contribution < 1.29 is 9.53 Å². The Morgan fingerprint density at radius 1 is 0.552 bits per heavy atom. The number of unbranched alkanes of at least 4 members (excludes halogenated alkanes) is 15. The van der Waals surface area contributed by atoms with E-state index in [4.69, 9.17) is 4.74 Å². The summed E-state index contributed by atoms with van der Waals surface area (Å²) < 4.78 is 5.66. The Bertz CT molecular complexity index is 304. The number of hydrogen-bond acceptors (Lipinski definition) is 3. The first-order valence-corrected chi connectivity index (χ1v) is 12.9. The van der Waals surface area contributed by atoms with Gasteiger partial charge in [-0.1, -0.05) is 130 Å². The van der Waals surface area contributed by atoms with E-state index in [-0.39, 0.29) is 18.0 Å². The van der Waals surface area contributed by atoms with Gasteiger partial charge in [0.15, 0.2) is 0 Å². The molecule has 0 saturated heterocycles. The maximum atomic E-state index is 12.6. The molecule has 0 aromatic heterocycles. The van der Waals surface area contributed by atoms with Gasteiger partial charge in [0.1, 0.15) is 0 Å². The highest BCUT2D eigenvalue weighted by atomic mass is 16.5. The molecule has 3 N–H and O–H groups in total. The van der Waals surface area contributed by atoms with Crippen LogP contribution in [0.5, 0.6) is 0 Å². The summed E-state index contributed by atoms with van der Waals surface area (Å²) in [7, 11) is 0. The van der Waals surface area contributed by atoms with Gasteiger partial charge in [-0.25, -0.2) is 0 Å². The van der Waals surface area contributed by atoms with Crippen LogP contribution in [0.1, 0.15) is 149 Å². The van der Waals surface area contributed by atoms with Crippen LogP contribution in [0.15, 0.2) is 0 Å². The fraction of sp³-hybridized carbons (Fsp3) is 0.962. The molecule has 0 bridgehead atoms. The van der Waals surface area contributed by atoms with Crippen molar-refractivity contribution in [3.05, 3.63) is 0 Å². The maximum Gasteiger partial charge on any atom is 0.308 e. The van der Waals surface area contributed by atoms with Crippen LogP contribution in [-0.4, -0.2) is 12.6 Å². The summed E-state index contributed by atoms with van der Waals surface area (Å²) in [5, 5.41) is 0. The summed E-state index contributed by atoms with van der Waals surface area (Å²) >= 11 is 0. The fourth-order valence-corrected chi connectivity index (χ4v) is 3.90. The maximum absolute atomic E-state index is 12.6. The van der Waals surface area contributed by atoms with E-state index in [0.29, 0.717) is 6.61 Å². The van der Waals surface area contributed by atoms with Crippen LogP contribution < -0.4 is 6.15 Å². The number of rotatable bonds is 22. The van der Waals surface area contributed by atoms with Crippen molar-refractivity contribution in [2.24, 2.45) is 5.92 Å². The highest BCUT2D eigenvalue weighted by Gasteiger charge is 2.19. The van der Waals surface area contributed by atoms with Gasteiger partial charge < -0.3 is 10.9 Å². The van der Waals surface area contributed by atoms with Crippen molar-refractivity contribution in [3.8, 4) is 0 Å². The van der Waals surface area contributed by atoms with E-state index in [2.05, 4.69) is 20.8 Å². The zero-order chi connectivity index (χ0) is 20.7. The number of ether oxygens (including phenoxy) is 1. The zero-order valence-electron chi connectivity index (χ0n) is 20.5. The third-order valence-corrected chi connectivity index (χ3v) is 5.89. The van der Waals surface area contributed by atoms with E-state index in [1.165, 1.54) is 109 Å². The van der Waals surface area contributed by atoms with Crippen LogP contribution in [-0.2, 0) is 9.53 Å². The Balaban J connectivity index is 0. The summed E-state index contributed by atoms with van der Waals surface area (Å²) in [4.78, 5) is 12.6. The predicted octanol–water partition coefficient (Wildman–Crippen LogP) is 9.17. The fourth-order valence-electron chi connectivity index (χ4n) is 3.90. The lowest BCUT2D eigenvalue weighted by molar-refractivity contribution is -0.149. The molecule has 0 radical (unpaired) electrons. The highest BCUT2D eigenvalue weighted by Crippen LogP contribution is 2.21. The summed E-state index contributed by atoms with van der Waals surface area (Å²) in [5.74, 6) is 0.244. The van der Waals surface area contributed by atoms with E-state index in [1.807, 2.05) is 0 Å². The lowest BCUT2D eigenvalue weighted by Crippen LogP contribution is -2.18. The normalized spacial score (nSPS) is 10.9. The molecule has 0 aromatic rings. The van der Waals surface area contributed by atoms with E-state index >= 15 is 0 Å². The van der Waals surface area contributed by atoms with E-state index in [0.717, 1.165) is 19.3 Å². The summed E-state index contributed by atoms with van der Waals surface area (Å²) in [5.41, 5.74) is 0. The topological polar surface area (TPSA) is 61.3 Å². The third kappa shape index (κ3) is 21.9. The molecule has 0 fully saturated rings. The number of carbonyl (C=O) groups is 1. The van der Waals surface area contributed by atoms with Crippen LogP contribution in [0.25, 0.3) is 0 Å². The number of hydrogen-bond donors (Lipinski definition) is 1. The van der Waals surface area contributed by atoms with Crippen LogP contribution in [0.2, 0.25) is 0 Å². The van der Waals surface area contributed by atoms with Crippen molar-refractivity contribution in [3.63, 3.8) is 0 Å². The summed E-state index contributed by atoms with van der Waals surface area (Å²) in [6, 6.07) is 0. The second kappa shape index (κ2) is 25.5. The number of carbonyl (C=O) groups excluding carboxylic acids is 1. The molecular formula is C26H55NO2. The van der Waals surface area contributed by atoms with Crippen molar-refractivity contribution >= 4 is 5.97 Å². The van der Waals surface area contributed by atoms with Crippen molar-refractivity contribution in [1.29, 1.82) is 0 Å². The molecule has 3 nitrogen and oxygen atoms in total. The average molecular weight is 414 g/mol. The van der Waals surface area contributed by atoms with Crippen LogP contribution in [0, 0.1) is 5.92 Å². The Labute approximate surface area is 183 Å².